The second-order valence-electron chi connectivity index (χ2n) is 8.98. The van der Waals surface area contributed by atoms with E-state index in [0.29, 0.717) is 0 Å². The zero-order valence-electron chi connectivity index (χ0n) is 17.9. The smallest absolute Gasteiger partial charge is 0.0454 e. The number of allylic oxidation sites excluding steroid dienone is 3. The van der Waals surface area contributed by atoms with Gasteiger partial charge >= 0.3 is 0 Å². The Hall–Kier alpha value is -2.74. The van der Waals surface area contributed by atoms with E-state index in [1.807, 2.05) is 12.2 Å². The van der Waals surface area contributed by atoms with E-state index in [9.17, 15) is 0 Å². The number of rotatable bonds is 2. The van der Waals surface area contributed by atoms with Gasteiger partial charge in [-0.05, 0) is 46.5 Å². The van der Waals surface area contributed by atoms with E-state index >= 15 is 0 Å². The fourth-order valence-corrected chi connectivity index (χ4v) is 5.08. The number of benzene rings is 2. The Morgan fingerprint density at radius 3 is 1.89 bits per heavy atom. The standard InChI is InChI=1S/C26H30N2/c1-9-17-21(10-2)27(7)23-16-20-24(15-19(23)25(17,3)4)28(8)22-14-12-11-13-18(22)26(20,5)6/h9-16H,1-2H2,3-8H3. The molecule has 0 N–H and O–H groups in total. The zero-order chi connectivity index (χ0) is 20.4. The minimum Gasteiger partial charge on any atom is -0.344 e. The van der Waals surface area contributed by atoms with Crippen LogP contribution in [0.5, 0.6) is 0 Å². The topological polar surface area (TPSA) is 6.48 Å². The van der Waals surface area contributed by atoms with Gasteiger partial charge in [0, 0.05) is 47.7 Å². The summed E-state index contributed by atoms with van der Waals surface area (Å²) in [6.45, 7) is 17.4. The summed E-state index contributed by atoms with van der Waals surface area (Å²) in [4.78, 5) is 4.61. The van der Waals surface area contributed by atoms with Gasteiger partial charge in [0.25, 0.3) is 0 Å². The monoisotopic (exact) mass is 370 g/mol. The van der Waals surface area contributed by atoms with Crippen LogP contribution >= 0.6 is 0 Å². The van der Waals surface area contributed by atoms with Crippen molar-refractivity contribution in [1.29, 1.82) is 0 Å². The number of anilines is 3. The summed E-state index contributed by atoms with van der Waals surface area (Å²) >= 11 is 0. The first-order chi connectivity index (χ1) is 13.2. The van der Waals surface area contributed by atoms with E-state index < -0.39 is 0 Å². The van der Waals surface area contributed by atoms with Crippen molar-refractivity contribution in [1.82, 2.24) is 0 Å². The van der Waals surface area contributed by atoms with E-state index in [1.165, 1.54) is 39.3 Å². The molecule has 2 aliphatic rings. The van der Waals surface area contributed by atoms with Crippen molar-refractivity contribution in [2.45, 2.75) is 38.5 Å². The number of hydrogen-bond donors (Lipinski definition) is 0. The highest BCUT2D eigenvalue weighted by Crippen LogP contribution is 2.53. The van der Waals surface area contributed by atoms with Crippen molar-refractivity contribution in [2.75, 3.05) is 23.9 Å². The van der Waals surface area contributed by atoms with Gasteiger partial charge in [0.1, 0.15) is 0 Å². The number of hydrogen-bond acceptors (Lipinski definition) is 2. The van der Waals surface area contributed by atoms with Crippen LogP contribution in [0.2, 0.25) is 0 Å². The molecular weight excluding hydrogens is 340 g/mol. The molecule has 0 radical (unpaired) electrons. The lowest BCUT2D eigenvalue weighted by atomic mass is 9.69. The van der Waals surface area contributed by atoms with Gasteiger partial charge < -0.3 is 9.80 Å². The zero-order valence-corrected chi connectivity index (χ0v) is 17.9. The van der Waals surface area contributed by atoms with Crippen molar-refractivity contribution in [3.63, 3.8) is 0 Å². The molecule has 2 heteroatoms. The van der Waals surface area contributed by atoms with Gasteiger partial charge in [-0.25, -0.2) is 0 Å². The molecule has 0 saturated carbocycles. The molecule has 2 aromatic rings. The molecule has 2 heterocycles. The first-order valence-corrected chi connectivity index (χ1v) is 9.91. The summed E-state index contributed by atoms with van der Waals surface area (Å²) in [6, 6.07) is 13.5. The molecule has 0 saturated heterocycles. The van der Waals surface area contributed by atoms with Crippen LogP contribution in [0.15, 0.2) is 73.0 Å². The lowest BCUT2D eigenvalue weighted by Crippen LogP contribution is -2.36. The van der Waals surface area contributed by atoms with Gasteiger partial charge in [-0.2, -0.15) is 0 Å². The maximum atomic E-state index is 4.10. The van der Waals surface area contributed by atoms with E-state index in [4.69, 9.17) is 0 Å². The highest BCUT2D eigenvalue weighted by Gasteiger charge is 2.40. The maximum Gasteiger partial charge on any atom is 0.0454 e. The van der Waals surface area contributed by atoms with Crippen LogP contribution in [0.3, 0.4) is 0 Å². The number of likely N-dealkylation sites (N-methyl/N-ethyl adjacent to an activating group) is 1. The molecule has 0 bridgehead atoms. The second kappa shape index (κ2) is 5.88. The minimum atomic E-state index is -0.135. The predicted molar refractivity (Wildman–Crippen MR) is 122 cm³/mol. The minimum absolute atomic E-state index is 0.0603. The summed E-state index contributed by atoms with van der Waals surface area (Å²) in [5.74, 6) is 0. The lowest BCUT2D eigenvalue weighted by molar-refractivity contribution is 0.606. The van der Waals surface area contributed by atoms with Crippen molar-refractivity contribution in [3.8, 4) is 0 Å². The Balaban J connectivity index is 2.04. The summed E-state index contributed by atoms with van der Waals surface area (Å²) in [5, 5.41) is 0. The maximum absolute atomic E-state index is 4.10. The summed E-state index contributed by atoms with van der Waals surface area (Å²) < 4.78 is 0. The van der Waals surface area contributed by atoms with Gasteiger partial charge in [0.15, 0.2) is 0 Å². The van der Waals surface area contributed by atoms with Crippen LogP contribution in [-0.2, 0) is 10.8 Å². The fraction of sp³-hybridized carbons (Fsp3) is 0.308. The van der Waals surface area contributed by atoms with Crippen LogP contribution in [0, 0.1) is 0 Å². The third-order valence-electron chi connectivity index (χ3n) is 6.83. The molecule has 0 spiro atoms. The molecule has 0 atom stereocenters. The van der Waals surface area contributed by atoms with Crippen LogP contribution in [0.4, 0.5) is 17.1 Å². The van der Waals surface area contributed by atoms with Crippen LogP contribution in [-0.4, -0.2) is 14.1 Å². The number of fused-ring (bicyclic) bond motifs is 3. The van der Waals surface area contributed by atoms with Crippen LogP contribution in [0.25, 0.3) is 0 Å². The second-order valence-corrected chi connectivity index (χ2v) is 8.98. The fourth-order valence-electron chi connectivity index (χ4n) is 5.08. The molecule has 0 fully saturated rings. The third kappa shape index (κ3) is 2.21. The van der Waals surface area contributed by atoms with E-state index in [0.717, 1.165) is 5.70 Å². The lowest BCUT2D eigenvalue weighted by Gasteiger charge is -2.45. The SMILES string of the molecule is C=CC1=C(C=C)C(C)(C)c2cc3c(cc2N1C)C(C)(C)c1ccccc1N3C. The van der Waals surface area contributed by atoms with Crippen LogP contribution < -0.4 is 9.80 Å². The van der Waals surface area contributed by atoms with Crippen LogP contribution in [0.1, 0.15) is 44.4 Å². The van der Waals surface area contributed by atoms with E-state index in [2.05, 4.69) is 101 Å². The number of nitrogens with zero attached hydrogens (tertiary/aromatic N) is 2. The van der Waals surface area contributed by atoms with Crippen molar-refractivity contribution >= 4 is 17.1 Å². The quantitative estimate of drug-likeness (QED) is 0.599. The molecule has 0 aromatic heterocycles. The predicted octanol–water partition coefficient (Wildman–Crippen LogP) is 6.45. The highest BCUT2D eigenvalue weighted by atomic mass is 15.1. The average molecular weight is 371 g/mol. The first-order valence-electron chi connectivity index (χ1n) is 9.91. The number of para-hydroxylation sites is 1. The third-order valence-corrected chi connectivity index (χ3v) is 6.83. The molecule has 28 heavy (non-hydrogen) atoms. The molecule has 0 amide bonds. The Kier molecular flexibility index (Phi) is 3.91. The Morgan fingerprint density at radius 2 is 1.29 bits per heavy atom. The molecule has 2 nitrogen and oxygen atoms in total. The Labute approximate surface area is 169 Å². The van der Waals surface area contributed by atoms with Crippen molar-refractivity contribution in [2.24, 2.45) is 0 Å². The molecular formula is C26H30N2. The molecule has 0 unspecified atom stereocenters. The Bertz CT molecular complexity index is 1040. The Morgan fingerprint density at radius 1 is 0.714 bits per heavy atom. The highest BCUT2D eigenvalue weighted by molar-refractivity contribution is 5.83. The summed E-state index contributed by atoms with van der Waals surface area (Å²) in [6.07, 6.45) is 3.94. The largest absolute Gasteiger partial charge is 0.344 e. The normalized spacial score (nSPS) is 18.9. The van der Waals surface area contributed by atoms with Gasteiger partial charge in [0.2, 0.25) is 0 Å². The van der Waals surface area contributed by atoms with E-state index in [1.54, 1.807) is 0 Å². The van der Waals surface area contributed by atoms with Gasteiger partial charge in [-0.1, -0.05) is 65.1 Å². The molecule has 4 rings (SSSR count). The van der Waals surface area contributed by atoms with Gasteiger partial charge in [-0.3, -0.25) is 0 Å². The average Bonchev–Trinajstić information content (AvgIpc) is 2.68. The molecule has 2 aliphatic heterocycles. The first kappa shape index (κ1) is 18.6. The van der Waals surface area contributed by atoms with E-state index in [-0.39, 0.29) is 10.8 Å². The summed E-state index contributed by atoms with van der Waals surface area (Å²) in [5.41, 5.74) is 10.0. The van der Waals surface area contributed by atoms with Crippen molar-refractivity contribution < 1.29 is 0 Å². The van der Waals surface area contributed by atoms with Gasteiger partial charge in [-0.15, -0.1) is 0 Å². The summed E-state index contributed by atoms with van der Waals surface area (Å²) in [7, 11) is 4.31. The van der Waals surface area contributed by atoms with Gasteiger partial charge in [0.05, 0.1) is 0 Å². The molecule has 2 aromatic carbocycles. The molecule has 0 aliphatic carbocycles. The van der Waals surface area contributed by atoms with Crippen molar-refractivity contribution in [3.05, 3.63) is 89.7 Å². The molecule has 144 valence electrons.